The van der Waals surface area contributed by atoms with E-state index in [2.05, 4.69) is 4.72 Å². The molecule has 8 heteroatoms. The maximum atomic E-state index is 12.0. The van der Waals surface area contributed by atoms with Crippen LogP contribution in [-0.2, 0) is 19.9 Å². The van der Waals surface area contributed by atoms with Crippen LogP contribution >= 0.6 is 0 Å². The number of aliphatic hydroxyl groups excluding tert-OH is 1. The summed E-state index contributed by atoms with van der Waals surface area (Å²) in [7, 11) is -6.97. The van der Waals surface area contributed by atoms with E-state index in [1.807, 2.05) is 0 Å². The number of hydrogen-bond acceptors (Lipinski definition) is 5. The Hall–Kier alpha value is -0.960. The number of rotatable bonds is 5. The lowest BCUT2D eigenvalue weighted by Gasteiger charge is -2.31. The molecule has 1 aliphatic rings. The summed E-state index contributed by atoms with van der Waals surface area (Å²) >= 11 is 0. The molecule has 0 aromatic heterocycles. The number of hydrogen-bond donors (Lipinski definition) is 2. The van der Waals surface area contributed by atoms with Gasteiger partial charge in [0.15, 0.2) is 9.84 Å². The second kappa shape index (κ2) is 5.44. The molecule has 0 radical (unpaired) electrons. The zero-order valence-electron chi connectivity index (χ0n) is 11.0. The molecule has 0 unspecified atom stereocenters. The van der Waals surface area contributed by atoms with Gasteiger partial charge in [0.2, 0.25) is 10.0 Å². The SMILES string of the molecule is CS(=O)(=O)c1ccc(S(=O)(=O)NCC2CC(O)C2)cc1. The molecule has 1 aliphatic carbocycles. The van der Waals surface area contributed by atoms with Gasteiger partial charge in [-0.05, 0) is 43.0 Å². The average molecular weight is 319 g/mol. The summed E-state index contributed by atoms with van der Waals surface area (Å²) in [4.78, 5) is 0.114. The molecule has 0 spiro atoms. The molecule has 0 heterocycles. The van der Waals surface area contributed by atoms with Gasteiger partial charge in [-0.25, -0.2) is 21.6 Å². The lowest BCUT2D eigenvalue weighted by atomic mass is 9.83. The van der Waals surface area contributed by atoms with Crippen LogP contribution in [0.3, 0.4) is 0 Å². The maximum Gasteiger partial charge on any atom is 0.240 e. The lowest BCUT2D eigenvalue weighted by molar-refractivity contribution is 0.0453. The predicted molar refractivity (Wildman–Crippen MR) is 73.5 cm³/mol. The molecule has 20 heavy (non-hydrogen) atoms. The Morgan fingerprint density at radius 2 is 1.60 bits per heavy atom. The van der Waals surface area contributed by atoms with E-state index < -0.39 is 19.9 Å². The quantitative estimate of drug-likeness (QED) is 0.804. The summed E-state index contributed by atoms with van der Waals surface area (Å²) in [5.74, 6) is 0.162. The molecule has 1 aromatic rings. The van der Waals surface area contributed by atoms with E-state index in [1.54, 1.807) is 0 Å². The van der Waals surface area contributed by atoms with Crippen molar-refractivity contribution < 1.29 is 21.9 Å². The zero-order chi connectivity index (χ0) is 15.0. The molecule has 6 nitrogen and oxygen atoms in total. The van der Waals surface area contributed by atoms with Crippen molar-refractivity contribution in [3.05, 3.63) is 24.3 Å². The van der Waals surface area contributed by atoms with Gasteiger partial charge in [-0.3, -0.25) is 0 Å². The highest BCUT2D eigenvalue weighted by Crippen LogP contribution is 2.26. The molecule has 0 bridgehead atoms. The highest BCUT2D eigenvalue weighted by atomic mass is 32.2. The van der Waals surface area contributed by atoms with Gasteiger partial charge in [-0.15, -0.1) is 0 Å². The van der Waals surface area contributed by atoms with Gasteiger partial charge >= 0.3 is 0 Å². The molecule has 1 fully saturated rings. The zero-order valence-corrected chi connectivity index (χ0v) is 12.6. The van der Waals surface area contributed by atoms with Crippen LogP contribution in [0.2, 0.25) is 0 Å². The molecule has 0 saturated heterocycles. The van der Waals surface area contributed by atoms with Crippen molar-refractivity contribution in [3.8, 4) is 0 Å². The topological polar surface area (TPSA) is 101 Å². The standard InChI is InChI=1S/C12H17NO5S2/c1-19(15,16)11-2-4-12(5-3-11)20(17,18)13-8-9-6-10(14)7-9/h2-5,9-10,13-14H,6-8H2,1H3. The lowest BCUT2D eigenvalue weighted by Crippen LogP contribution is -2.38. The van der Waals surface area contributed by atoms with Crippen molar-refractivity contribution in [2.45, 2.75) is 28.7 Å². The third-order valence-electron chi connectivity index (χ3n) is 3.34. The van der Waals surface area contributed by atoms with Gasteiger partial charge in [0.1, 0.15) is 0 Å². The second-order valence-corrected chi connectivity index (χ2v) is 8.87. The molecular formula is C12H17NO5S2. The van der Waals surface area contributed by atoms with Crippen LogP contribution in [0.5, 0.6) is 0 Å². The van der Waals surface area contributed by atoms with E-state index in [0.717, 1.165) is 6.26 Å². The van der Waals surface area contributed by atoms with Gasteiger partial charge in [0.05, 0.1) is 15.9 Å². The smallest absolute Gasteiger partial charge is 0.240 e. The Morgan fingerprint density at radius 3 is 2.05 bits per heavy atom. The minimum atomic E-state index is -3.64. The largest absolute Gasteiger partial charge is 0.393 e. The highest BCUT2D eigenvalue weighted by Gasteiger charge is 2.28. The first-order valence-electron chi connectivity index (χ1n) is 6.16. The summed E-state index contributed by atoms with van der Waals surface area (Å²) < 4.78 is 49.1. The minimum Gasteiger partial charge on any atom is -0.393 e. The Kier molecular flexibility index (Phi) is 4.19. The number of sulfone groups is 1. The Bertz CT molecular complexity index is 673. The van der Waals surface area contributed by atoms with Gasteiger partial charge in [-0.1, -0.05) is 0 Å². The molecule has 2 rings (SSSR count). The first-order valence-corrected chi connectivity index (χ1v) is 9.54. The summed E-state index contributed by atoms with van der Waals surface area (Å²) in [6, 6.07) is 5.09. The Labute approximate surface area is 118 Å². The average Bonchev–Trinajstić information content (AvgIpc) is 2.32. The summed E-state index contributed by atoms with van der Waals surface area (Å²) in [5.41, 5.74) is 0. The van der Waals surface area contributed by atoms with Crippen LogP contribution in [0.1, 0.15) is 12.8 Å². The van der Waals surface area contributed by atoms with Gasteiger partial charge in [0.25, 0.3) is 0 Å². The highest BCUT2D eigenvalue weighted by molar-refractivity contribution is 7.90. The van der Waals surface area contributed by atoms with Gasteiger partial charge in [-0.2, -0.15) is 0 Å². The third-order valence-corrected chi connectivity index (χ3v) is 5.90. The molecule has 2 N–H and O–H groups in total. The van der Waals surface area contributed by atoms with Crippen molar-refractivity contribution in [2.24, 2.45) is 5.92 Å². The predicted octanol–water partition coefficient (Wildman–Crippen LogP) is 0.139. The summed E-state index contributed by atoms with van der Waals surface area (Å²) in [5, 5.41) is 9.14. The fourth-order valence-corrected chi connectivity index (χ4v) is 3.79. The number of sulfonamides is 1. The fourth-order valence-electron chi connectivity index (χ4n) is 2.04. The monoisotopic (exact) mass is 319 g/mol. The number of nitrogens with one attached hydrogen (secondary N) is 1. The fraction of sp³-hybridized carbons (Fsp3) is 0.500. The molecule has 0 amide bonds. The molecular weight excluding hydrogens is 302 g/mol. The normalized spacial score (nSPS) is 23.3. The van der Waals surface area contributed by atoms with Crippen molar-refractivity contribution in [2.75, 3.05) is 12.8 Å². The molecule has 0 atom stereocenters. The van der Waals surface area contributed by atoms with Crippen LogP contribution < -0.4 is 4.72 Å². The Morgan fingerprint density at radius 1 is 1.10 bits per heavy atom. The van der Waals surface area contributed by atoms with Crippen LogP contribution in [0.15, 0.2) is 34.1 Å². The molecule has 1 saturated carbocycles. The first-order chi connectivity index (χ1) is 9.18. The van der Waals surface area contributed by atoms with Crippen molar-refractivity contribution in [3.63, 3.8) is 0 Å². The van der Waals surface area contributed by atoms with Gasteiger partial charge < -0.3 is 5.11 Å². The van der Waals surface area contributed by atoms with Crippen LogP contribution in [-0.4, -0.2) is 40.8 Å². The van der Waals surface area contributed by atoms with Gasteiger partial charge in [0, 0.05) is 12.8 Å². The Balaban J connectivity index is 2.06. The minimum absolute atomic E-state index is 0.0322. The van der Waals surface area contributed by atoms with E-state index in [0.29, 0.717) is 12.8 Å². The molecule has 112 valence electrons. The van der Waals surface area contributed by atoms with Crippen LogP contribution in [0.25, 0.3) is 0 Å². The van der Waals surface area contributed by atoms with E-state index in [1.165, 1.54) is 24.3 Å². The molecule has 1 aromatic carbocycles. The van der Waals surface area contributed by atoms with Crippen LogP contribution in [0, 0.1) is 5.92 Å². The third kappa shape index (κ3) is 3.57. The van der Waals surface area contributed by atoms with E-state index in [-0.39, 0.29) is 28.4 Å². The van der Waals surface area contributed by atoms with Crippen LogP contribution in [0.4, 0.5) is 0 Å². The second-order valence-electron chi connectivity index (χ2n) is 5.09. The maximum absolute atomic E-state index is 12.0. The van der Waals surface area contributed by atoms with E-state index >= 15 is 0 Å². The van der Waals surface area contributed by atoms with E-state index in [4.69, 9.17) is 5.11 Å². The van der Waals surface area contributed by atoms with Crippen molar-refractivity contribution >= 4 is 19.9 Å². The van der Waals surface area contributed by atoms with Crippen molar-refractivity contribution in [1.82, 2.24) is 4.72 Å². The summed E-state index contributed by atoms with van der Waals surface area (Å²) in [6.45, 7) is 0.285. The van der Waals surface area contributed by atoms with Crippen molar-refractivity contribution in [1.29, 1.82) is 0 Å². The molecule has 0 aliphatic heterocycles. The summed E-state index contributed by atoms with van der Waals surface area (Å²) in [6.07, 6.45) is 1.96. The number of aliphatic hydroxyl groups is 1. The number of benzene rings is 1. The van der Waals surface area contributed by atoms with E-state index in [9.17, 15) is 16.8 Å². The first kappa shape index (κ1) is 15.4.